The molecule has 0 spiro atoms. The van der Waals surface area contributed by atoms with Crippen molar-refractivity contribution in [2.24, 2.45) is 5.92 Å². The second kappa shape index (κ2) is 10.2. The van der Waals surface area contributed by atoms with Gasteiger partial charge in [-0.1, -0.05) is 31.0 Å². The molecule has 27 heavy (non-hydrogen) atoms. The first-order chi connectivity index (χ1) is 12.9. The Bertz CT molecular complexity index is 684. The third kappa shape index (κ3) is 6.19. The summed E-state index contributed by atoms with van der Waals surface area (Å²) in [6.45, 7) is 7.81. The number of ketones is 1. The van der Waals surface area contributed by atoms with Crippen molar-refractivity contribution in [1.82, 2.24) is 10.2 Å². The number of carbonyl (C=O) groups is 3. The molecule has 0 bridgehead atoms. The number of nitrogens with one attached hydrogen (secondary N) is 1. The molecule has 0 saturated carbocycles. The number of likely N-dealkylation sites (tertiary alicyclic amines) is 1. The zero-order valence-corrected chi connectivity index (χ0v) is 16.8. The van der Waals surface area contributed by atoms with Gasteiger partial charge in [-0.2, -0.15) is 0 Å². The quantitative estimate of drug-likeness (QED) is 0.562. The summed E-state index contributed by atoms with van der Waals surface area (Å²) in [6.07, 6.45) is 4.10. The predicted molar refractivity (Wildman–Crippen MR) is 107 cm³/mol. The third-order valence-corrected chi connectivity index (χ3v) is 5.23. The molecule has 1 aromatic carbocycles. The maximum Gasteiger partial charge on any atom is 0.224 e. The second-order valence-electron chi connectivity index (χ2n) is 7.57. The van der Waals surface area contributed by atoms with Crippen LogP contribution in [0, 0.1) is 19.8 Å². The van der Waals surface area contributed by atoms with Gasteiger partial charge in [0.2, 0.25) is 11.8 Å². The normalized spacial score (nSPS) is 16.9. The molecule has 5 nitrogen and oxygen atoms in total. The third-order valence-electron chi connectivity index (χ3n) is 5.23. The minimum Gasteiger partial charge on any atom is -0.356 e. The van der Waals surface area contributed by atoms with Gasteiger partial charge in [-0.25, -0.2) is 0 Å². The van der Waals surface area contributed by atoms with Crippen LogP contribution in [0.3, 0.4) is 0 Å². The Morgan fingerprint density at radius 1 is 1.19 bits per heavy atom. The number of hydrogen-bond donors (Lipinski definition) is 1. The highest BCUT2D eigenvalue weighted by atomic mass is 16.2. The first-order valence-electron chi connectivity index (χ1n) is 10.1. The molecule has 0 aromatic heterocycles. The van der Waals surface area contributed by atoms with Crippen LogP contribution >= 0.6 is 0 Å². The van der Waals surface area contributed by atoms with Crippen molar-refractivity contribution >= 4 is 17.6 Å². The van der Waals surface area contributed by atoms with Crippen molar-refractivity contribution in [2.45, 2.75) is 59.3 Å². The molecular weight excluding hydrogens is 340 g/mol. The van der Waals surface area contributed by atoms with Gasteiger partial charge in [-0.15, -0.1) is 0 Å². The molecule has 1 heterocycles. The second-order valence-corrected chi connectivity index (χ2v) is 7.57. The number of hydrogen-bond acceptors (Lipinski definition) is 3. The van der Waals surface area contributed by atoms with E-state index in [0.717, 1.165) is 36.8 Å². The average Bonchev–Trinajstić information content (AvgIpc) is 2.67. The van der Waals surface area contributed by atoms with Gasteiger partial charge in [-0.05, 0) is 44.7 Å². The van der Waals surface area contributed by atoms with E-state index in [9.17, 15) is 14.4 Å². The first kappa shape index (κ1) is 21.1. The van der Waals surface area contributed by atoms with E-state index < -0.39 is 0 Å². The van der Waals surface area contributed by atoms with E-state index in [2.05, 4.69) is 12.2 Å². The van der Waals surface area contributed by atoms with Gasteiger partial charge in [0.25, 0.3) is 0 Å². The van der Waals surface area contributed by atoms with E-state index in [-0.39, 0.29) is 36.4 Å². The summed E-state index contributed by atoms with van der Waals surface area (Å²) in [4.78, 5) is 39.1. The molecule has 0 aliphatic carbocycles. The number of carbonyl (C=O) groups excluding carboxylic acids is 3. The Morgan fingerprint density at radius 2 is 1.96 bits per heavy atom. The summed E-state index contributed by atoms with van der Waals surface area (Å²) in [5, 5.41) is 2.96. The Labute approximate surface area is 162 Å². The van der Waals surface area contributed by atoms with Crippen molar-refractivity contribution in [1.29, 1.82) is 0 Å². The molecule has 1 aromatic rings. The lowest BCUT2D eigenvalue weighted by Crippen LogP contribution is -2.45. The molecule has 1 unspecified atom stereocenters. The van der Waals surface area contributed by atoms with Crippen LogP contribution in [0.4, 0.5) is 0 Å². The van der Waals surface area contributed by atoms with Crippen LogP contribution in [0.15, 0.2) is 18.2 Å². The number of nitrogens with zero attached hydrogens (tertiary/aromatic N) is 1. The van der Waals surface area contributed by atoms with Crippen molar-refractivity contribution in [3.8, 4) is 0 Å². The molecule has 1 aliphatic heterocycles. The number of Topliss-reactive ketones (excluding diaryl/α,β-unsaturated/α-hetero) is 1. The Morgan fingerprint density at radius 3 is 2.70 bits per heavy atom. The van der Waals surface area contributed by atoms with Gasteiger partial charge in [0, 0.05) is 38.0 Å². The van der Waals surface area contributed by atoms with Crippen LogP contribution in [0.25, 0.3) is 0 Å². The smallest absolute Gasteiger partial charge is 0.224 e. The topological polar surface area (TPSA) is 66.5 Å². The lowest BCUT2D eigenvalue weighted by Gasteiger charge is -2.32. The van der Waals surface area contributed by atoms with E-state index in [1.54, 1.807) is 4.90 Å². The van der Waals surface area contributed by atoms with Gasteiger partial charge >= 0.3 is 0 Å². The molecule has 5 heteroatoms. The molecule has 1 fully saturated rings. The number of unbranched alkanes of at least 4 members (excludes halogenated alkanes) is 1. The average molecular weight is 373 g/mol. The fourth-order valence-corrected chi connectivity index (χ4v) is 3.50. The molecule has 148 valence electrons. The van der Waals surface area contributed by atoms with Crippen molar-refractivity contribution in [3.63, 3.8) is 0 Å². The lowest BCUT2D eigenvalue weighted by atomic mass is 9.96. The zero-order chi connectivity index (χ0) is 19.8. The lowest BCUT2D eigenvalue weighted by molar-refractivity contribution is -0.135. The minimum atomic E-state index is -0.130. The van der Waals surface area contributed by atoms with Gasteiger partial charge in [0.1, 0.15) is 0 Å². The molecule has 1 aliphatic rings. The van der Waals surface area contributed by atoms with E-state index in [1.165, 1.54) is 0 Å². The van der Waals surface area contributed by atoms with Crippen LogP contribution in [-0.2, 0) is 9.59 Å². The summed E-state index contributed by atoms with van der Waals surface area (Å²) in [6, 6.07) is 5.81. The van der Waals surface area contributed by atoms with Gasteiger partial charge in [0.05, 0.1) is 5.92 Å². The molecule has 2 rings (SSSR count). The van der Waals surface area contributed by atoms with E-state index in [4.69, 9.17) is 0 Å². The highest BCUT2D eigenvalue weighted by Crippen LogP contribution is 2.19. The predicted octanol–water partition coefficient (Wildman–Crippen LogP) is 3.42. The Hall–Kier alpha value is -2.17. The molecule has 0 radical (unpaired) electrons. The fourth-order valence-electron chi connectivity index (χ4n) is 3.50. The monoisotopic (exact) mass is 372 g/mol. The van der Waals surface area contributed by atoms with Gasteiger partial charge < -0.3 is 10.2 Å². The minimum absolute atomic E-state index is 0.00965. The molecule has 2 amide bonds. The molecule has 1 saturated heterocycles. The summed E-state index contributed by atoms with van der Waals surface area (Å²) in [5.41, 5.74) is 2.69. The number of piperidine rings is 1. The van der Waals surface area contributed by atoms with Crippen LogP contribution in [-0.4, -0.2) is 42.1 Å². The molecule has 1 atom stereocenters. The van der Waals surface area contributed by atoms with Crippen molar-refractivity contribution in [3.05, 3.63) is 34.9 Å². The SMILES string of the molecule is CCCCNC(=O)C1CCCN(C(=O)CCC(=O)c2cc(C)ccc2C)C1. The van der Waals surface area contributed by atoms with Crippen LogP contribution in [0.5, 0.6) is 0 Å². The fraction of sp³-hybridized carbons (Fsp3) is 0.591. The van der Waals surface area contributed by atoms with Crippen LogP contribution < -0.4 is 5.32 Å². The van der Waals surface area contributed by atoms with Crippen LogP contribution in [0.1, 0.15) is 66.9 Å². The summed E-state index contributed by atoms with van der Waals surface area (Å²) in [7, 11) is 0. The van der Waals surface area contributed by atoms with Gasteiger partial charge in [0.15, 0.2) is 5.78 Å². The zero-order valence-electron chi connectivity index (χ0n) is 16.8. The maximum absolute atomic E-state index is 12.6. The maximum atomic E-state index is 12.6. The number of benzene rings is 1. The Balaban J connectivity index is 1.85. The van der Waals surface area contributed by atoms with E-state index >= 15 is 0 Å². The first-order valence-corrected chi connectivity index (χ1v) is 10.1. The number of aryl methyl sites for hydroxylation is 2. The van der Waals surface area contributed by atoms with Gasteiger partial charge in [-0.3, -0.25) is 14.4 Å². The van der Waals surface area contributed by atoms with Crippen molar-refractivity contribution < 1.29 is 14.4 Å². The summed E-state index contributed by atoms with van der Waals surface area (Å²) >= 11 is 0. The highest BCUT2D eigenvalue weighted by Gasteiger charge is 2.28. The number of rotatable bonds is 8. The van der Waals surface area contributed by atoms with Crippen LogP contribution in [0.2, 0.25) is 0 Å². The van der Waals surface area contributed by atoms with E-state index in [1.807, 2.05) is 32.0 Å². The highest BCUT2D eigenvalue weighted by molar-refractivity contribution is 5.99. The summed E-state index contributed by atoms with van der Waals surface area (Å²) in [5.74, 6) is -0.100. The molecule has 1 N–H and O–H groups in total. The number of amides is 2. The largest absolute Gasteiger partial charge is 0.356 e. The standard InChI is InChI=1S/C22H32N2O3/c1-4-5-12-23-22(27)18-7-6-13-24(15-18)21(26)11-10-20(25)19-14-16(2)8-9-17(19)3/h8-9,14,18H,4-7,10-13,15H2,1-3H3,(H,23,27). The van der Waals surface area contributed by atoms with E-state index in [0.29, 0.717) is 25.2 Å². The molecular formula is C22H32N2O3. The van der Waals surface area contributed by atoms with Crippen molar-refractivity contribution in [2.75, 3.05) is 19.6 Å². The Kier molecular flexibility index (Phi) is 8.01. The summed E-state index contributed by atoms with van der Waals surface area (Å²) < 4.78 is 0.